The van der Waals surface area contributed by atoms with Gasteiger partial charge in [0.05, 0.1) is 18.9 Å². The van der Waals surface area contributed by atoms with Crippen molar-refractivity contribution >= 4 is 11.7 Å². The Morgan fingerprint density at radius 3 is 2.78 bits per heavy atom. The highest BCUT2D eigenvalue weighted by atomic mass is 16.5. The van der Waals surface area contributed by atoms with Crippen LogP contribution >= 0.6 is 0 Å². The monoisotopic (exact) mass is 247 g/mol. The number of nitrogens with one attached hydrogen (secondary N) is 2. The molecule has 7 heteroatoms. The van der Waals surface area contributed by atoms with E-state index in [-0.39, 0.29) is 11.6 Å². The van der Waals surface area contributed by atoms with E-state index in [0.29, 0.717) is 23.8 Å². The zero-order valence-corrected chi connectivity index (χ0v) is 10.1. The summed E-state index contributed by atoms with van der Waals surface area (Å²) in [6, 6.07) is 1.76. The van der Waals surface area contributed by atoms with Crippen molar-refractivity contribution in [3.63, 3.8) is 0 Å². The summed E-state index contributed by atoms with van der Waals surface area (Å²) in [7, 11) is 1.73. The molecule has 2 aromatic rings. The summed E-state index contributed by atoms with van der Waals surface area (Å²) < 4.78 is 4.90. The van der Waals surface area contributed by atoms with Gasteiger partial charge in [-0.25, -0.2) is 9.97 Å². The second-order valence-electron chi connectivity index (χ2n) is 3.65. The number of rotatable bonds is 4. The summed E-state index contributed by atoms with van der Waals surface area (Å²) >= 11 is 0. The lowest BCUT2D eigenvalue weighted by molar-refractivity contribution is 0.0944. The first kappa shape index (κ1) is 12.0. The van der Waals surface area contributed by atoms with Crippen LogP contribution in [0.5, 0.6) is 0 Å². The molecule has 0 spiro atoms. The number of amides is 1. The molecule has 0 bridgehead atoms. The molecule has 18 heavy (non-hydrogen) atoms. The van der Waals surface area contributed by atoms with Gasteiger partial charge in [0.25, 0.3) is 5.91 Å². The predicted octanol–water partition coefficient (Wildman–Crippen LogP) is 0.745. The molecular formula is C11H13N5O2. The summed E-state index contributed by atoms with van der Waals surface area (Å²) in [6.07, 6.45) is 2.91. The normalized spacial score (nSPS) is 10.1. The fourth-order valence-corrected chi connectivity index (χ4v) is 1.34. The SMILES string of the molecule is CNc1cnc(C(=O)NCc2cc(C)on2)cn1. The standard InChI is InChI=1S/C11H13N5O2/c1-7-3-8(16-18-7)4-15-11(17)9-5-14-10(12-2)6-13-9/h3,5-6H,4H2,1-2H3,(H,12,14)(H,15,17). The van der Waals surface area contributed by atoms with Crippen molar-refractivity contribution in [2.45, 2.75) is 13.5 Å². The second-order valence-corrected chi connectivity index (χ2v) is 3.65. The molecule has 7 nitrogen and oxygen atoms in total. The van der Waals surface area contributed by atoms with E-state index < -0.39 is 0 Å². The maximum absolute atomic E-state index is 11.7. The van der Waals surface area contributed by atoms with Gasteiger partial charge in [0.1, 0.15) is 23.0 Å². The molecule has 0 saturated carbocycles. The van der Waals surface area contributed by atoms with Gasteiger partial charge in [0.2, 0.25) is 0 Å². The first-order chi connectivity index (χ1) is 8.69. The summed E-state index contributed by atoms with van der Waals surface area (Å²) in [5, 5.41) is 9.28. The van der Waals surface area contributed by atoms with E-state index in [1.807, 2.05) is 0 Å². The quantitative estimate of drug-likeness (QED) is 0.828. The zero-order chi connectivity index (χ0) is 13.0. The Labute approximate surface area is 104 Å². The van der Waals surface area contributed by atoms with Crippen LogP contribution in [-0.4, -0.2) is 28.1 Å². The van der Waals surface area contributed by atoms with E-state index in [2.05, 4.69) is 25.8 Å². The van der Waals surface area contributed by atoms with Gasteiger partial charge in [-0.2, -0.15) is 0 Å². The Morgan fingerprint density at radius 2 is 2.22 bits per heavy atom. The number of carbonyl (C=O) groups excluding carboxylic acids is 1. The number of aryl methyl sites for hydroxylation is 1. The fraction of sp³-hybridized carbons (Fsp3) is 0.273. The Bertz CT molecular complexity index is 535. The van der Waals surface area contributed by atoms with Gasteiger partial charge in [-0.3, -0.25) is 4.79 Å². The van der Waals surface area contributed by atoms with Crippen LogP contribution in [0.15, 0.2) is 23.0 Å². The zero-order valence-electron chi connectivity index (χ0n) is 10.1. The van der Waals surface area contributed by atoms with Gasteiger partial charge in [0.15, 0.2) is 0 Å². The largest absolute Gasteiger partial charge is 0.372 e. The smallest absolute Gasteiger partial charge is 0.271 e. The van der Waals surface area contributed by atoms with Crippen molar-refractivity contribution in [1.29, 1.82) is 0 Å². The molecule has 1 amide bonds. The van der Waals surface area contributed by atoms with Crippen molar-refractivity contribution in [2.75, 3.05) is 12.4 Å². The number of hydrogen-bond acceptors (Lipinski definition) is 6. The molecule has 0 aliphatic carbocycles. The third-order valence-corrected chi connectivity index (χ3v) is 2.25. The van der Waals surface area contributed by atoms with E-state index in [9.17, 15) is 4.79 Å². The minimum atomic E-state index is -0.300. The van der Waals surface area contributed by atoms with Gasteiger partial charge in [-0.15, -0.1) is 0 Å². The maximum Gasteiger partial charge on any atom is 0.271 e. The molecule has 0 aliphatic heterocycles. The van der Waals surface area contributed by atoms with Gasteiger partial charge < -0.3 is 15.2 Å². The number of carbonyl (C=O) groups is 1. The summed E-state index contributed by atoms with van der Waals surface area (Å²) in [5.41, 5.74) is 0.926. The van der Waals surface area contributed by atoms with Crippen molar-refractivity contribution in [1.82, 2.24) is 20.4 Å². The minimum absolute atomic E-state index is 0.259. The average molecular weight is 247 g/mol. The first-order valence-electron chi connectivity index (χ1n) is 5.39. The number of nitrogens with zero attached hydrogens (tertiary/aromatic N) is 3. The second kappa shape index (κ2) is 5.26. The van der Waals surface area contributed by atoms with E-state index in [1.165, 1.54) is 12.4 Å². The molecular weight excluding hydrogens is 234 g/mol. The maximum atomic E-state index is 11.7. The number of aromatic nitrogens is 3. The topological polar surface area (TPSA) is 92.9 Å². The van der Waals surface area contributed by atoms with Crippen molar-refractivity contribution in [3.05, 3.63) is 35.6 Å². The Balaban J connectivity index is 1.94. The Morgan fingerprint density at radius 1 is 1.39 bits per heavy atom. The molecule has 0 atom stereocenters. The van der Waals surface area contributed by atoms with Crippen LogP contribution in [0.2, 0.25) is 0 Å². The lowest BCUT2D eigenvalue weighted by Crippen LogP contribution is -2.24. The van der Waals surface area contributed by atoms with Gasteiger partial charge in [-0.1, -0.05) is 5.16 Å². The molecule has 94 valence electrons. The van der Waals surface area contributed by atoms with Gasteiger partial charge in [-0.05, 0) is 6.92 Å². The first-order valence-corrected chi connectivity index (χ1v) is 5.39. The molecule has 2 N–H and O–H groups in total. The minimum Gasteiger partial charge on any atom is -0.372 e. The van der Waals surface area contributed by atoms with Crippen LogP contribution in [-0.2, 0) is 6.54 Å². The van der Waals surface area contributed by atoms with E-state index in [0.717, 1.165) is 0 Å². The third kappa shape index (κ3) is 2.82. The highest BCUT2D eigenvalue weighted by molar-refractivity contribution is 5.91. The van der Waals surface area contributed by atoms with Crippen molar-refractivity contribution in [3.8, 4) is 0 Å². The lowest BCUT2D eigenvalue weighted by Gasteiger charge is -2.02. The molecule has 2 aromatic heterocycles. The number of anilines is 1. The van der Waals surface area contributed by atoms with Gasteiger partial charge in [0, 0.05) is 13.1 Å². The van der Waals surface area contributed by atoms with Crippen molar-refractivity contribution < 1.29 is 9.32 Å². The lowest BCUT2D eigenvalue weighted by atomic mass is 10.3. The van der Waals surface area contributed by atoms with Crippen LogP contribution in [0, 0.1) is 6.92 Å². The molecule has 0 aromatic carbocycles. The number of hydrogen-bond donors (Lipinski definition) is 2. The summed E-state index contributed by atoms with van der Waals surface area (Å²) in [4.78, 5) is 19.7. The molecule has 0 fully saturated rings. The van der Waals surface area contributed by atoms with Gasteiger partial charge >= 0.3 is 0 Å². The molecule has 0 saturated heterocycles. The highest BCUT2D eigenvalue weighted by Gasteiger charge is 2.08. The van der Waals surface area contributed by atoms with Crippen LogP contribution < -0.4 is 10.6 Å². The van der Waals surface area contributed by atoms with E-state index >= 15 is 0 Å². The Kier molecular flexibility index (Phi) is 3.52. The Hall–Kier alpha value is -2.44. The molecule has 2 heterocycles. The summed E-state index contributed by atoms with van der Waals surface area (Å²) in [6.45, 7) is 2.09. The highest BCUT2D eigenvalue weighted by Crippen LogP contribution is 2.02. The third-order valence-electron chi connectivity index (χ3n) is 2.25. The predicted molar refractivity (Wildman–Crippen MR) is 64.0 cm³/mol. The molecule has 0 aliphatic rings. The van der Waals surface area contributed by atoms with E-state index in [1.54, 1.807) is 20.0 Å². The van der Waals surface area contributed by atoms with Crippen LogP contribution in [0.1, 0.15) is 21.9 Å². The fourth-order valence-electron chi connectivity index (χ4n) is 1.34. The molecule has 0 radical (unpaired) electrons. The van der Waals surface area contributed by atoms with Crippen molar-refractivity contribution in [2.24, 2.45) is 0 Å². The van der Waals surface area contributed by atoms with Crippen LogP contribution in [0.25, 0.3) is 0 Å². The average Bonchev–Trinajstić information content (AvgIpc) is 2.82. The summed E-state index contributed by atoms with van der Waals surface area (Å²) in [5.74, 6) is 1.02. The van der Waals surface area contributed by atoms with E-state index in [4.69, 9.17) is 4.52 Å². The molecule has 2 rings (SSSR count). The van der Waals surface area contributed by atoms with Crippen LogP contribution in [0.4, 0.5) is 5.82 Å². The molecule has 0 unspecified atom stereocenters. The van der Waals surface area contributed by atoms with Crippen LogP contribution in [0.3, 0.4) is 0 Å².